The maximum absolute atomic E-state index is 5.62. The molecule has 0 amide bonds. The zero-order chi connectivity index (χ0) is 13.8. The molecule has 0 saturated carbocycles. The van der Waals surface area contributed by atoms with Gasteiger partial charge in [-0.1, -0.05) is 0 Å². The highest BCUT2D eigenvalue weighted by Crippen LogP contribution is 2.38. The Balaban J connectivity index is 1.96. The van der Waals surface area contributed by atoms with Crippen molar-refractivity contribution < 1.29 is 9.47 Å². The smallest absolute Gasteiger partial charge is 0.175 e. The molecule has 1 aromatic rings. The Morgan fingerprint density at radius 3 is 2.79 bits per heavy atom. The van der Waals surface area contributed by atoms with Crippen molar-refractivity contribution in [3.63, 3.8) is 0 Å². The minimum absolute atomic E-state index is 0.514. The molecule has 1 aliphatic heterocycles. The Morgan fingerprint density at radius 1 is 1.32 bits per heavy atom. The topological polar surface area (TPSA) is 33.7 Å². The van der Waals surface area contributed by atoms with Crippen molar-refractivity contribution in [3.8, 4) is 11.5 Å². The molecule has 0 radical (unpaired) electrons. The van der Waals surface area contributed by atoms with Gasteiger partial charge in [-0.25, -0.2) is 0 Å². The number of halogens is 1. The molecule has 0 fully saturated rings. The van der Waals surface area contributed by atoms with Crippen LogP contribution >= 0.6 is 15.9 Å². The molecule has 1 aromatic carbocycles. The normalized spacial score (nSPS) is 15.6. The Kier molecular flexibility index (Phi) is 5.07. The first-order valence-corrected chi connectivity index (χ1v) is 7.32. The number of fused-ring (bicyclic) bond motifs is 1. The van der Waals surface area contributed by atoms with Crippen LogP contribution in [0.2, 0.25) is 0 Å². The summed E-state index contributed by atoms with van der Waals surface area (Å²) in [6, 6.07) is 4.65. The second-order valence-electron chi connectivity index (χ2n) is 5.05. The second-order valence-corrected chi connectivity index (χ2v) is 5.90. The summed E-state index contributed by atoms with van der Waals surface area (Å²) in [6.45, 7) is 5.22. The van der Waals surface area contributed by atoms with E-state index in [-0.39, 0.29) is 0 Å². The van der Waals surface area contributed by atoms with Crippen molar-refractivity contribution >= 4 is 15.9 Å². The third-order valence-electron chi connectivity index (χ3n) is 3.31. The maximum Gasteiger partial charge on any atom is 0.175 e. The largest absolute Gasteiger partial charge is 0.486 e. The molecule has 2 rings (SSSR count). The van der Waals surface area contributed by atoms with Crippen molar-refractivity contribution in [1.82, 2.24) is 10.2 Å². The molecule has 0 saturated heterocycles. The quantitative estimate of drug-likeness (QED) is 0.899. The standard InChI is InChI=1S/C14H21BrN2O2/c1-10(17(2)3)8-16-9-11-6-12(15)14-13(7-11)18-4-5-19-14/h6-7,10,16H,4-5,8-9H2,1-3H3. The van der Waals surface area contributed by atoms with Crippen molar-refractivity contribution in [2.75, 3.05) is 33.9 Å². The average Bonchev–Trinajstić information content (AvgIpc) is 2.38. The predicted octanol–water partition coefficient (Wildman–Crippen LogP) is 2.26. The first kappa shape index (κ1) is 14.6. The lowest BCUT2D eigenvalue weighted by atomic mass is 10.2. The number of hydrogen-bond acceptors (Lipinski definition) is 4. The molecule has 1 heterocycles. The third-order valence-corrected chi connectivity index (χ3v) is 3.90. The van der Waals surface area contributed by atoms with Gasteiger partial charge in [0.1, 0.15) is 13.2 Å². The van der Waals surface area contributed by atoms with E-state index in [2.05, 4.69) is 53.2 Å². The van der Waals surface area contributed by atoms with E-state index < -0.39 is 0 Å². The van der Waals surface area contributed by atoms with Crippen LogP contribution in [-0.4, -0.2) is 44.8 Å². The summed E-state index contributed by atoms with van der Waals surface area (Å²) < 4.78 is 12.2. The molecule has 0 aromatic heterocycles. The van der Waals surface area contributed by atoms with E-state index in [1.165, 1.54) is 5.56 Å². The van der Waals surface area contributed by atoms with Crippen molar-refractivity contribution in [1.29, 1.82) is 0 Å². The van der Waals surface area contributed by atoms with Crippen LogP contribution in [0, 0.1) is 0 Å². The molecule has 0 bridgehead atoms. The lowest BCUT2D eigenvalue weighted by Crippen LogP contribution is -2.35. The first-order chi connectivity index (χ1) is 9.08. The van der Waals surface area contributed by atoms with Gasteiger partial charge in [-0.3, -0.25) is 0 Å². The molecule has 106 valence electrons. The van der Waals surface area contributed by atoms with Gasteiger partial charge >= 0.3 is 0 Å². The molecule has 0 aliphatic carbocycles. The second kappa shape index (κ2) is 6.59. The molecule has 4 nitrogen and oxygen atoms in total. The molecule has 5 heteroatoms. The number of nitrogens with one attached hydrogen (secondary N) is 1. The molecule has 19 heavy (non-hydrogen) atoms. The van der Waals surface area contributed by atoms with Gasteiger partial charge in [0, 0.05) is 19.1 Å². The predicted molar refractivity (Wildman–Crippen MR) is 80.0 cm³/mol. The number of hydrogen-bond donors (Lipinski definition) is 1. The van der Waals surface area contributed by atoms with Gasteiger partial charge in [0.05, 0.1) is 4.47 Å². The van der Waals surface area contributed by atoms with Gasteiger partial charge in [0.25, 0.3) is 0 Å². The van der Waals surface area contributed by atoms with Crippen LogP contribution in [0.25, 0.3) is 0 Å². The first-order valence-electron chi connectivity index (χ1n) is 6.53. The summed E-state index contributed by atoms with van der Waals surface area (Å²) >= 11 is 3.54. The van der Waals surface area contributed by atoms with Gasteiger partial charge in [-0.05, 0) is 54.6 Å². The van der Waals surface area contributed by atoms with E-state index in [0.717, 1.165) is 29.1 Å². The fourth-order valence-electron chi connectivity index (χ4n) is 1.87. The molecule has 1 aliphatic rings. The summed E-state index contributed by atoms with van der Waals surface area (Å²) in [5.74, 6) is 1.65. The lowest BCUT2D eigenvalue weighted by molar-refractivity contribution is 0.170. The van der Waals surface area contributed by atoms with Crippen LogP contribution in [0.15, 0.2) is 16.6 Å². The number of nitrogens with zero attached hydrogens (tertiary/aromatic N) is 1. The number of likely N-dealkylation sites (N-methyl/N-ethyl adjacent to an activating group) is 1. The molecular weight excluding hydrogens is 308 g/mol. The van der Waals surface area contributed by atoms with Crippen LogP contribution in [0.3, 0.4) is 0 Å². The van der Waals surface area contributed by atoms with Gasteiger partial charge in [0.15, 0.2) is 11.5 Å². The van der Waals surface area contributed by atoms with E-state index in [1.54, 1.807) is 0 Å². The summed E-state index contributed by atoms with van der Waals surface area (Å²) in [4.78, 5) is 2.20. The minimum Gasteiger partial charge on any atom is -0.486 e. The fraction of sp³-hybridized carbons (Fsp3) is 0.571. The van der Waals surface area contributed by atoms with E-state index in [1.807, 2.05) is 6.07 Å². The molecule has 1 N–H and O–H groups in total. The highest BCUT2D eigenvalue weighted by molar-refractivity contribution is 9.10. The number of ether oxygens (including phenoxy) is 2. The van der Waals surface area contributed by atoms with Gasteiger partial charge in [0.2, 0.25) is 0 Å². The van der Waals surface area contributed by atoms with Crippen molar-refractivity contribution in [2.24, 2.45) is 0 Å². The average molecular weight is 329 g/mol. The van der Waals surface area contributed by atoms with E-state index in [0.29, 0.717) is 19.3 Å². The Morgan fingerprint density at radius 2 is 2.05 bits per heavy atom. The molecule has 1 atom stereocenters. The Hall–Kier alpha value is -0.780. The highest BCUT2D eigenvalue weighted by Gasteiger charge is 2.16. The molecular formula is C14H21BrN2O2. The van der Waals surface area contributed by atoms with Gasteiger partial charge in [-0.15, -0.1) is 0 Å². The van der Waals surface area contributed by atoms with Crippen LogP contribution in [0.4, 0.5) is 0 Å². The third kappa shape index (κ3) is 3.84. The Labute approximate surface area is 123 Å². The summed E-state index contributed by atoms with van der Waals surface area (Å²) in [5, 5.41) is 3.46. The number of rotatable bonds is 5. The van der Waals surface area contributed by atoms with Crippen molar-refractivity contribution in [3.05, 3.63) is 22.2 Å². The van der Waals surface area contributed by atoms with Crippen LogP contribution in [0.5, 0.6) is 11.5 Å². The number of benzene rings is 1. The highest BCUT2D eigenvalue weighted by atomic mass is 79.9. The zero-order valence-electron chi connectivity index (χ0n) is 11.7. The van der Waals surface area contributed by atoms with Crippen LogP contribution in [0.1, 0.15) is 12.5 Å². The summed E-state index contributed by atoms with van der Waals surface area (Å²) in [6.07, 6.45) is 0. The lowest BCUT2D eigenvalue weighted by Gasteiger charge is -2.22. The molecule has 0 spiro atoms. The maximum atomic E-state index is 5.62. The monoisotopic (exact) mass is 328 g/mol. The Bertz CT molecular complexity index is 438. The van der Waals surface area contributed by atoms with Gasteiger partial charge < -0.3 is 19.7 Å². The van der Waals surface area contributed by atoms with Gasteiger partial charge in [-0.2, -0.15) is 0 Å². The molecule has 1 unspecified atom stereocenters. The zero-order valence-corrected chi connectivity index (χ0v) is 13.3. The van der Waals surface area contributed by atoms with E-state index >= 15 is 0 Å². The van der Waals surface area contributed by atoms with Crippen molar-refractivity contribution in [2.45, 2.75) is 19.5 Å². The summed E-state index contributed by atoms with van der Waals surface area (Å²) in [7, 11) is 4.18. The van der Waals surface area contributed by atoms with Crippen LogP contribution in [-0.2, 0) is 6.54 Å². The van der Waals surface area contributed by atoms with E-state index in [4.69, 9.17) is 9.47 Å². The SMILES string of the molecule is CC(CNCc1cc(Br)c2c(c1)OCCO2)N(C)C. The fourth-order valence-corrected chi connectivity index (χ4v) is 2.48. The van der Waals surface area contributed by atoms with Crippen LogP contribution < -0.4 is 14.8 Å². The summed E-state index contributed by atoms with van der Waals surface area (Å²) in [5.41, 5.74) is 1.20. The van der Waals surface area contributed by atoms with E-state index in [9.17, 15) is 0 Å². The minimum atomic E-state index is 0.514.